The lowest BCUT2D eigenvalue weighted by Gasteiger charge is -2.12. The molecule has 0 aliphatic rings. The Labute approximate surface area is 138 Å². The molecule has 0 heterocycles. The summed E-state index contributed by atoms with van der Waals surface area (Å²) in [6, 6.07) is 7.20. The van der Waals surface area contributed by atoms with E-state index in [1.165, 1.54) is 12.1 Å². The third-order valence-corrected chi connectivity index (χ3v) is 3.92. The first-order valence-corrected chi connectivity index (χ1v) is 7.78. The predicted molar refractivity (Wildman–Crippen MR) is 85.3 cm³/mol. The third kappa shape index (κ3) is 4.49. The zero-order valence-corrected chi connectivity index (χ0v) is 14.4. The fraction of sp³-hybridized carbons (Fsp3) is 0.200. The van der Waals surface area contributed by atoms with Crippen molar-refractivity contribution in [2.45, 2.75) is 13.2 Å². The van der Waals surface area contributed by atoms with Gasteiger partial charge in [-0.3, -0.25) is 0 Å². The molecular formula is C15H13Br2F2NO. The summed E-state index contributed by atoms with van der Waals surface area (Å²) in [6.07, 6.45) is 0. The van der Waals surface area contributed by atoms with E-state index in [1.807, 2.05) is 19.2 Å². The van der Waals surface area contributed by atoms with Crippen LogP contribution in [0.5, 0.6) is 5.75 Å². The minimum absolute atomic E-state index is 0.0806. The molecule has 0 saturated heterocycles. The van der Waals surface area contributed by atoms with E-state index >= 15 is 0 Å². The summed E-state index contributed by atoms with van der Waals surface area (Å²) in [5.41, 5.74) is 1.52. The Morgan fingerprint density at radius 2 is 1.52 bits per heavy atom. The van der Waals surface area contributed by atoms with Crippen molar-refractivity contribution in [1.29, 1.82) is 0 Å². The quantitative estimate of drug-likeness (QED) is 0.750. The second kappa shape index (κ2) is 7.33. The molecule has 112 valence electrons. The first-order valence-electron chi connectivity index (χ1n) is 6.20. The Hall–Kier alpha value is -0.980. The van der Waals surface area contributed by atoms with Gasteiger partial charge < -0.3 is 10.1 Å². The average molecular weight is 421 g/mol. The molecule has 2 nitrogen and oxygen atoms in total. The van der Waals surface area contributed by atoms with Crippen molar-refractivity contribution in [3.63, 3.8) is 0 Å². The summed E-state index contributed by atoms with van der Waals surface area (Å²) in [4.78, 5) is 0. The molecule has 0 aromatic heterocycles. The SMILES string of the molecule is CNCc1cc(Br)c(OCc2cc(F)cc(F)c2)c(Br)c1. The molecular weight excluding hydrogens is 408 g/mol. The molecule has 1 N–H and O–H groups in total. The molecule has 6 heteroatoms. The van der Waals surface area contributed by atoms with Gasteiger partial charge in [-0.2, -0.15) is 0 Å². The van der Waals surface area contributed by atoms with Crippen LogP contribution in [0.3, 0.4) is 0 Å². The van der Waals surface area contributed by atoms with E-state index in [9.17, 15) is 8.78 Å². The second-order valence-corrected chi connectivity index (χ2v) is 6.19. The van der Waals surface area contributed by atoms with E-state index in [-0.39, 0.29) is 6.61 Å². The molecule has 0 bridgehead atoms. The van der Waals surface area contributed by atoms with Gasteiger partial charge in [0.05, 0.1) is 8.95 Å². The van der Waals surface area contributed by atoms with E-state index in [2.05, 4.69) is 37.2 Å². The van der Waals surface area contributed by atoms with Gasteiger partial charge in [0, 0.05) is 12.6 Å². The summed E-state index contributed by atoms with van der Waals surface area (Å²) < 4.78 is 33.5. The number of hydrogen-bond donors (Lipinski definition) is 1. The summed E-state index contributed by atoms with van der Waals surface area (Å²) in [6.45, 7) is 0.809. The van der Waals surface area contributed by atoms with Gasteiger partial charge in [0.1, 0.15) is 24.0 Å². The molecule has 0 saturated carbocycles. The zero-order valence-electron chi connectivity index (χ0n) is 11.2. The summed E-state index contributed by atoms with van der Waals surface area (Å²) in [5.74, 6) is -0.633. The number of halogens is 4. The number of rotatable bonds is 5. The minimum atomic E-state index is -0.615. The molecule has 2 aromatic carbocycles. The van der Waals surface area contributed by atoms with Crippen molar-refractivity contribution >= 4 is 31.9 Å². The van der Waals surface area contributed by atoms with Crippen LogP contribution in [0.25, 0.3) is 0 Å². The lowest BCUT2D eigenvalue weighted by Crippen LogP contribution is -2.05. The van der Waals surface area contributed by atoms with Crippen molar-refractivity contribution in [3.05, 3.63) is 62.0 Å². The maximum atomic E-state index is 13.1. The normalized spacial score (nSPS) is 10.7. The highest BCUT2D eigenvalue weighted by Crippen LogP contribution is 2.35. The molecule has 0 aliphatic heterocycles. The lowest BCUT2D eigenvalue weighted by atomic mass is 10.2. The van der Waals surface area contributed by atoms with E-state index in [1.54, 1.807) is 0 Å². The Morgan fingerprint density at radius 3 is 2.05 bits per heavy atom. The van der Waals surface area contributed by atoms with Gasteiger partial charge in [-0.25, -0.2) is 8.78 Å². The van der Waals surface area contributed by atoms with Crippen molar-refractivity contribution in [2.24, 2.45) is 0 Å². The number of benzene rings is 2. The van der Waals surface area contributed by atoms with Crippen molar-refractivity contribution in [1.82, 2.24) is 5.32 Å². The van der Waals surface area contributed by atoms with E-state index in [4.69, 9.17) is 4.74 Å². The van der Waals surface area contributed by atoms with Crippen LogP contribution < -0.4 is 10.1 Å². The van der Waals surface area contributed by atoms with Gasteiger partial charge in [-0.15, -0.1) is 0 Å². The Bertz CT molecular complexity index is 606. The predicted octanol–water partition coefficient (Wildman–Crippen LogP) is 4.79. The van der Waals surface area contributed by atoms with Gasteiger partial charge in [-0.1, -0.05) is 0 Å². The third-order valence-electron chi connectivity index (χ3n) is 2.74. The Balaban J connectivity index is 2.16. The summed E-state index contributed by atoms with van der Waals surface area (Å²) >= 11 is 6.88. The molecule has 0 spiro atoms. The molecule has 0 radical (unpaired) electrons. The van der Waals surface area contributed by atoms with Gasteiger partial charge in [-0.05, 0) is 74.3 Å². The van der Waals surface area contributed by atoms with Gasteiger partial charge in [0.2, 0.25) is 0 Å². The van der Waals surface area contributed by atoms with Crippen molar-refractivity contribution in [2.75, 3.05) is 7.05 Å². The average Bonchev–Trinajstić information content (AvgIpc) is 2.36. The maximum absolute atomic E-state index is 13.1. The second-order valence-electron chi connectivity index (χ2n) is 4.49. The van der Waals surface area contributed by atoms with Crippen LogP contribution in [0.1, 0.15) is 11.1 Å². The minimum Gasteiger partial charge on any atom is -0.487 e. The molecule has 2 rings (SSSR count). The maximum Gasteiger partial charge on any atom is 0.148 e. The fourth-order valence-corrected chi connectivity index (χ4v) is 3.42. The zero-order chi connectivity index (χ0) is 15.4. The van der Waals surface area contributed by atoms with Crippen LogP contribution in [-0.2, 0) is 13.2 Å². The van der Waals surface area contributed by atoms with Crippen LogP contribution in [0, 0.1) is 11.6 Å². The Kier molecular flexibility index (Phi) is 5.72. The van der Waals surface area contributed by atoms with Crippen LogP contribution in [0.4, 0.5) is 8.78 Å². The molecule has 0 aliphatic carbocycles. The van der Waals surface area contributed by atoms with Crippen LogP contribution in [-0.4, -0.2) is 7.05 Å². The Morgan fingerprint density at radius 1 is 0.952 bits per heavy atom. The van der Waals surface area contributed by atoms with Crippen LogP contribution >= 0.6 is 31.9 Å². The summed E-state index contributed by atoms with van der Waals surface area (Å²) in [7, 11) is 1.87. The summed E-state index contributed by atoms with van der Waals surface area (Å²) in [5, 5.41) is 3.06. The van der Waals surface area contributed by atoms with Gasteiger partial charge >= 0.3 is 0 Å². The first-order chi connectivity index (χ1) is 9.99. The van der Waals surface area contributed by atoms with Crippen molar-refractivity contribution < 1.29 is 13.5 Å². The van der Waals surface area contributed by atoms with Crippen molar-refractivity contribution in [3.8, 4) is 5.75 Å². The van der Waals surface area contributed by atoms with Gasteiger partial charge in [0.25, 0.3) is 0 Å². The fourth-order valence-electron chi connectivity index (χ4n) is 1.91. The number of ether oxygens (including phenoxy) is 1. The molecule has 2 aromatic rings. The standard InChI is InChI=1S/C15H13Br2F2NO/c1-20-7-9-4-13(16)15(14(17)5-9)21-8-10-2-11(18)6-12(19)3-10/h2-6,20H,7-8H2,1H3. The number of nitrogens with one attached hydrogen (secondary N) is 1. The van der Waals surface area contributed by atoms with Gasteiger partial charge in [0.15, 0.2) is 0 Å². The highest BCUT2D eigenvalue weighted by molar-refractivity contribution is 9.11. The van der Waals surface area contributed by atoms with E-state index in [0.717, 1.165) is 27.1 Å². The molecule has 0 atom stereocenters. The largest absolute Gasteiger partial charge is 0.487 e. The smallest absolute Gasteiger partial charge is 0.148 e. The van der Waals surface area contributed by atoms with Crippen LogP contribution in [0.15, 0.2) is 39.3 Å². The topological polar surface area (TPSA) is 21.3 Å². The number of hydrogen-bond acceptors (Lipinski definition) is 2. The van der Waals surface area contributed by atoms with E-state index < -0.39 is 11.6 Å². The molecule has 0 amide bonds. The first kappa shape index (κ1) is 16.4. The highest BCUT2D eigenvalue weighted by atomic mass is 79.9. The molecule has 21 heavy (non-hydrogen) atoms. The molecule has 0 fully saturated rings. The lowest BCUT2D eigenvalue weighted by molar-refractivity contribution is 0.300. The highest BCUT2D eigenvalue weighted by Gasteiger charge is 2.10. The van der Waals surface area contributed by atoms with Crippen LogP contribution in [0.2, 0.25) is 0 Å². The van der Waals surface area contributed by atoms with E-state index in [0.29, 0.717) is 11.3 Å². The molecule has 0 unspecified atom stereocenters. The monoisotopic (exact) mass is 419 g/mol.